The van der Waals surface area contributed by atoms with Gasteiger partial charge in [0.15, 0.2) is 0 Å². The maximum absolute atomic E-state index is 14.4. The van der Waals surface area contributed by atoms with Crippen LogP contribution in [0, 0.1) is 17.5 Å². The van der Waals surface area contributed by atoms with Crippen molar-refractivity contribution in [2.75, 3.05) is 7.05 Å². The van der Waals surface area contributed by atoms with E-state index >= 15 is 0 Å². The first-order chi connectivity index (χ1) is 20.6. The Hall–Kier alpha value is -4.68. The number of halogens is 6. The molecule has 0 aliphatic heterocycles. The smallest absolute Gasteiger partial charge is 0.355 e. The Morgan fingerprint density at radius 1 is 0.955 bits per heavy atom. The molecule has 0 unspecified atom stereocenters. The van der Waals surface area contributed by atoms with Gasteiger partial charge in [0, 0.05) is 30.3 Å². The summed E-state index contributed by atoms with van der Waals surface area (Å²) in [5.41, 5.74) is -1.04. The summed E-state index contributed by atoms with van der Waals surface area (Å²) in [7, 11) is 1.34. The zero-order valence-corrected chi connectivity index (χ0v) is 24.2. The second-order valence-corrected chi connectivity index (χ2v) is 11.1. The van der Waals surface area contributed by atoms with Gasteiger partial charge >= 0.3 is 6.18 Å². The fourth-order valence-electron chi connectivity index (χ4n) is 4.63. The average Bonchev–Trinajstić information content (AvgIpc) is 3.37. The predicted octanol–water partition coefficient (Wildman–Crippen LogP) is 6.14. The van der Waals surface area contributed by atoms with E-state index in [4.69, 9.17) is 0 Å². The molecule has 1 atom stereocenters. The molecule has 0 aliphatic rings. The van der Waals surface area contributed by atoms with Gasteiger partial charge in [0.05, 0.1) is 23.0 Å². The summed E-state index contributed by atoms with van der Waals surface area (Å²) >= 11 is 0. The number of alkyl halides is 3. The number of rotatable bonds is 8. The minimum absolute atomic E-state index is 0.125. The second kappa shape index (κ2) is 12.5. The molecule has 13 heteroatoms. The number of hydrogen-bond donors (Lipinski definition) is 2. The molecule has 44 heavy (non-hydrogen) atoms. The summed E-state index contributed by atoms with van der Waals surface area (Å²) in [5, 5.41) is 9.01. The molecule has 2 aromatic carbocycles. The highest BCUT2D eigenvalue weighted by Gasteiger charge is 2.38. The van der Waals surface area contributed by atoms with Gasteiger partial charge in [-0.2, -0.15) is 18.3 Å². The number of nitrogens with zero attached hydrogens (tertiary/aromatic N) is 3. The molecule has 0 spiro atoms. The molecule has 2 amide bonds. The number of carbonyl (C=O) groups excluding carboxylic acids is 2. The fraction of sp³-hybridized carbons (Fsp3) is 0.290. The summed E-state index contributed by atoms with van der Waals surface area (Å²) in [6.07, 6.45) is -3.63. The Morgan fingerprint density at radius 2 is 1.64 bits per heavy atom. The third kappa shape index (κ3) is 7.44. The van der Waals surface area contributed by atoms with Gasteiger partial charge in [-0.15, -0.1) is 0 Å². The van der Waals surface area contributed by atoms with Gasteiger partial charge in [-0.05, 0) is 53.9 Å². The minimum atomic E-state index is -4.80. The van der Waals surface area contributed by atoms with Crippen LogP contribution in [0.1, 0.15) is 59.8 Å². The first-order valence-electron chi connectivity index (χ1n) is 13.4. The van der Waals surface area contributed by atoms with Gasteiger partial charge in [-0.3, -0.25) is 19.3 Å². The number of pyridine rings is 1. The fourth-order valence-corrected chi connectivity index (χ4v) is 4.63. The molecule has 4 rings (SSSR count). The van der Waals surface area contributed by atoms with Crippen LogP contribution in [0.3, 0.4) is 0 Å². The first-order valence-corrected chi connectivity index (χ1v) is 13.4. The van der Waals surface area contributed by atoms with Crippen molar-refractivity contribution in [2.45, 2.75) is 51.4 Å². The third-order valence-electron chi connectivity index (χ3n) is 6.75. The van der Waals surface area contributed by atoms with Gasteiger partial charge in [0.1, 0.15) is 29.7 Å². The van der Waals surface area contributed by atoms with Crippen molar-refractivity contribution in [2.24, 2.45) is 0 Å². The van der Waals surface area contributed by atoms with E-state index < -0.39 is 59.1 Å². The highest BCUT2D eigenvalue weighted by atomic mass is 19.4. The van der Waals surface area contributed by atoms with Crippen LogP contribution in [-0.2, 0) is 29.4 Å². The molecular formula is C31H29F6N5O2. The van der Waals surface area contributed by atoms with Crippen LogP contribution >= 0.6 is 0 Å². The Labute approximate surface area is 249 Å². The van der Waals surface area contributed by atoms with Crippen molar-refractivity contribution < 1.29 is 35.9 Å². The molecule has 4 aromatic rings. The highest BCUT2D eigenvalue weighted by Crippen LogP contribution is 2.34. The lowest BCUT2D eigenvalue weighted by Gasteiger charge is -2.22. The van der Waals surface area contributed by atoms with Crippen LogP contribution in [0.15, 0.2) is 60.8 Å². The van der Waals surface area contributed by atoms with Gasteiger partial charge in [-0.25, -0.2) is 13.2 Å². The Balaban J connectivity index is 1.77. The molecule has 7 nitrogen and oxygen atoms in total. The Morgan fingerprint density at radius 3 is 2.25 bits per heavy atom. The van der Waals surface area contributed by atoms with Crippen molar-refractivity contribution in [1.29, 1.82) is 0 Å². The summed E-state index contributed by atoms with van der Waals surface area (Å²) in [6.45, 7) is 4.23. The van der Waals surface area contributed by atoms with Crippen LogP contribution in [0.2, 0.25) is 0 Å². The first kappa shape index (κ1) is 32.2. The maximum Gasteiger partial charge on any atom is 0.433 e. The van der Waals surface area contributed by atoms with Gasteiger partial charge in [0.2, 0.25) is 5.91 Å². The predicted molar refractivity (Wildman–Crippen MR) is 150 cm³/mol. The summed E-state index contributed by atoms with van der Waals surface area (Å²) < 4.78 is 84.7. The van der Waals surface area contributed by atoms with E-state index in [2.05, 4.69) is 20.7 Å². The van der Waals surface area contributed by atoms with E-state index in [1.54, 1.807) is 32.9 Å². The van der Waals surface area contributed by atoms with Crippen molar-refractivity contribution in [1.82, 2.24) is 25.4 Å². The van der Waals surface area contributed by atoms with Crippen LogP contribution in [0.4, 0.5) is 26.3 Å². The Bertz CT molecular complexity index is 1670. The van der Waals surface area contributed by atoms with E-state index in [1.807, 2.05) is 0 Å². The van der Waals surface area contributed by atoms with Crippen molar-refractivity contribution in [3.63, 3.8) is 0 Å². The molecule has 2 aromatic heterocycles. The average molecular weight is 618 g/mol. The zero-order valence-electron chi connectivity index (χ0n) is 24.2. The van der Waals surface area contributed by atoms with Gasteiger partial charge in [-0.1, -0.05) is 32.9 Å². The maximum atomic E-state index is 14.4. The van der Waals surface area contributed by atoms with Gasteiger partial charge in [0.25, 0.3) is 5.91 Å². The second-order valence-electron chi connectivity index (χ2n) is 11.1. The molecule has 0 radical (unpaired) electrons. The number of carbonyl (C=O) groups is 2. The number of nitrogens with one attached hydrogen (secondary N) is 2. The molecule has 0 fully saturated rings. The van der Waals surface area contributed by atoms with Crippen LogP contribution in [0.5, 0.6) is 0 Å². The number of amides is 2. The van der Waals surface area contributed by atoms with Crippen LogP contribution < -0.4 is 10.6 Å². The quantitative estimate of drug-likeness (QED) is 0.233. The number of aromatic nitrogens is 3. The van der Waals surface area contributed by atoms with E-state index in [0.29, 0.717) is 21.9 Å². The summed E-state index contributed by atoms with van der Waals surface area (Å²) in [4.78, 5) is 29.9. The van der Waals surface area contributed by atoms with Crippen LogP contribution in [-0.4, -0.2) is 33.6 Å². The SMILES string of the molecule is CNC(=O)c1cc(-c2cccnc2[C@H](Cc2cc(F)cc(F)c2)NC(=O)Cn2nc(C(C)(C)C)cc2C(F)(F)F)ccc1F. The van der Waals surface area contributed by atoms with E-state index in [-0.39, 0.29) is 28.9 Å². The molecular weight excluding hydrogens is 588 g/mol. The monoisotopic (exact) mass is 617 g/mol. The standard InChI is InChI=1S/C31H29F6N5O2/c1-30(2,3)25-15-26(31(35,36)37)42(41-25)16-27(43)40-24(12-17-10-19(32)14-20(33)11-17)28-21(6-5-9-39-28)18-7-8-23(34)22(13-18)29(44)38-4/h5-11,13-15,24H,12,16H2,1-4H3,(H,38,44)(H,40,43)/t24-/m0/s1. The number of hydrogen-bond acceptors (Lipinski definition) is 4. The van der Waals surface area contributed by atoms with Crippen LogP contribution in [0.25, 0.3) is 11.1 Å². The molecule has 0 saturated carbocycles. The minimum Gasteiger partial charge on any atom is -0.355 e. The lowest BCUT2D eigenvalue weighted by Crippen LogP contribution is -2.35. The highest BCUT2D eigenvalue weighted by molar-refractivity contribution is 5.95. The topological polar surface area (TPSA) is 88.9 Å². The van der Waals surface area contributed by atoms with Crippen molar-refractivity contribution >= 4 is 11.8 Å². The molecule has 0 aliphatic carbocycles. The molecule has 2 N–H and O–H groups in total. The molecule has 0 bridgehead atoms. The number of benzene rings is 2. The van der Waals surface area contributed by atoms with Crippen molar-refractivity contribution in [3.05, 3.63) is 106 Å². The molecule has 2 heterocycles. The normalized spacial score (nSPS) is 12.6. The summed E-state index contributed by atoms with van der Waals surface area (Å²) in [6, 6.07) is 9.42. The largest absolute Gasteiger partial charge is 0.433 e. The van der Waals surface area contributed by atoms with E-state index in [1.165, 1.54) is 25.4 Å². The van der Waals surface area contributed by atoms with E-state index in [0.717, 1.165) is 24.3 Å². The van der Waals surface area contributed by atoms with E-state index in [9.17, 15) is 35.9 Å². The third-order valence-corrected chi connectivity index (χ3v) is 6.75. The molecule has 232 valence electrons. The Kier molecular flexibility index (Phi) is 9.17. The summed E-state index contributed by atoms with van der Waals surface area (Å²) in [5.74, 6) is -4.11. The molecule has 0 saturated heterocycles. The lowest BCUT2D eigenvalue weighted by molar-refractivity contribution is -0.144. The zero-order chi connectivity index (χ0) is 32.4. The van der Waals surface area contributed by atoms with Crippen molar-refractivity contribution in [3.8, 4) is 11.1 Å². The van der Waals surface area contributed by atoms with Gasteiger partial charge < -0.3 is 10.6 Å². The lowest BCUT2D eigenvalue weighted by atomic mass is 9.92.